The van der Waals surface area contributed by atoms with Crippen LogP contribution in [0.3, 0.4) is 0 Å². The predicted octanol–water partition coefficient (Wildman–Crippen LogP) is 2.54. The van der Waals surface area contributed by atoms with E-state index < -0.39 is 0 Å². The molecule has 1 fully saturated rings. The lowest BCUT2D eigenvalue weighted by atomic mass is 10.3. The number of piperazine rings is 1. The van der Waals surface area contributed by atoms with E-state index in [1.54, 1.807) is 38.6 Å². The molecule has 10 nitrogen and oxygen atoms in total. The summed E-state index contributed by atoms with van der Waals surface area (Å²) in [7, 11) is 3.09. The molecule has 3 heterocycles. The maximum absolute atomic E-state index is 6.34. The van der Waals surface area contributed by atoms with E-state index in [4.69, 9.17) is 31.5 Å². The molecule has 0 unspecified atom stereocenters. The lowest BCUT2D eigenvalue weighted by Crippen LogP contribution is -2.47. The molecule has 3 aromatic rings. The molecule has 0 spiro atoms. The number of imidazole rings is 1. The van der Waals surface area contributed by atoms with Crippen molar-refractivity contribution in [3.8, 4) is 23.1 Å². The summed E-state index contributed by atoms with van der Waals surface area (Å²) in [5, 5.41) is 0.368. The molecule has 0 amide bonds. The molecule has 0 saturated carbocycles. The van der Waals surface area contributed by atoms with E-state index in [9.17, 15) is 0 Å². The highest BCUT2D eigenvalue weighted by Crippen LogP contribution is 2.39. The van der Waals surface area contributed by atoms with Gasteiger partial charge in [0.05, 0.1) is 25.6 Å². The van der Waals surface area contributed by atoms with Crippen LogP contribution >= 0.6 is 11.6 Å². The van der Waals surface area contributed by atoms with E-state index in [1.807, 2.05) is 12.5 Å². The summed E-state index contributed by atoms with van der Waals surface area (Å²) in [5.41, 5.74) is 6.03. The van der Waals surface area contributed by atoms with E-state index in [-0.39, 0.29) is 0 Å². The molecule has 2 aromatic heterocycles. The second-order valence-electron chi connectivity index (χ2n) is 7.30. The third-order valence-electron chi connectivity index (χ3n) is 5.25. The van der Waals surface area contributed by atoms with Crippen LogP contribution in [0.5, 0.6) is 23.1 Å². The third kappa shape index (κ3) is 5.14. The molecule has 2 N–H and O–H groups in total. The number of ether oxygens (including phenoxy) is 3. The SMILES string of the molecule is COc1cc(Cl)c(Oc2cc(N)nc(N3CCN(CCn4ccnc4)CC3)n2)cc1OC. The van der Waals surface area contributed by atoms with Gasteiger partial charge in [0.25, 0.3) is 0 Å². The predicted molar refractivity (Wildman–Crippen MR) is 122 cm³/mol. The number of nitrogens with zero attached hydrogens (tertiary/aromatic N) is 6. The van der Waals surface area contributed by atoms with Crippen LogP contribution in [0, 0.1) is 0 Å². The third-order valence-corrected chi connectivity index (χ3v) is 5.55. The molecule has 0 bridgehead atoms. The molecule has 1 aliphatic rings. The van der Waals surface area contributed by atoms with Gasteiger partial charge in [0.2, 0.25) is 11.8 Å². The van der Waals surface area contributed by atoms with Crippen molar-refractivity contribution in [3.63, 3.8) is 0 Å². The van der Waals surface area contributed by atoms with E-state index in [0.29, 0.717) is 39.9 Å². The Morgan fingerprint density at radius 2 is 1.72 bits per heavy atom. The van der Waals surface area contributed by atoms with Gasteiger partial charge in [0.1, 0.15) is 5.82 Å². The van der Waals surface area contributed by atoms with Gasteiger partial charge < -0.3 is 29.4 Å². The molecular formula is C21H26ClN7O3. The van der Waals surface area contributed by atoms with Crippen LogP contribution in [0.15, 0.2) is 36.9 Å². The Balaban J connectivity index is 1.42. The molecule has 1 aromatic carbocycles. The summed E-state index contributed by atoms with van der Waals surface area (Å²) in [6, 6.07) is 4.85. The van der Waals surface area contributed by atoms with Crippen LogP contribution in [0.25, 0.3) is 0 Å². The van der Waals surface area contributed by atoms with Gasteiger partial charge in [-0.3, -0.25) is 4.90 Å². The second-order valence-corrected chi connectivity index (χ2v) is 7.71. The van der Waals surface area contributed by atoms with E-state index in [0.717, 1.165) is 39.3 Å². The Morgan fingerprint density at radius 1 is 0.969 bits per heavy atom. The van der Waals surface area contributed by atoms with Crippen LogP contribution in [-0.4, -0.2) is 71.4 Å². The highest BCUT2D eigenvalue weighted by Gasteiger charge is 2.20. The van der Waals surface area contributed by atoms with Crippen molar-refractivity contribution >= 4 is 23.4 Å². The summed E-state index contributed by atoms with van der Waals surface area (Å²) in [6.07, 6.45) is 5.61. The number of nitrogens with two attached hydrogens (primary N) is 1. The van der Waals surface area contributed by atoms with Gasteiger partial charge >= 0.3 is 0 Å². The largest absolute Gasteiger partial charge is 0.493 e. The Bertz CT molecular complexity index is 1040. The number of nitrogen functional groups attached to an aromatic ring is 1. The van der Waals surface area contributed by atoms with Crippen molar-refractivity contribution in [1.29, 1.82) is 0 Å². The molecule has 0 radical (unpaired) electrons. The van der Waals surface area contributed by atoms with Gasteiger partial charge in [-0.1, -0.05) is 11.6 Å². The molecule has 0 atom stereocenters. The standard InChI is InChI=1S/C21H26ClN7O3/c1-30-17-11-15(22)16(12-18(17)31-2)32-20-13-19(23)25-21(26-20)29-9-7-27(8-10-29)5-6-28-4-3-24-14-28/h3-4,11-14H,5-10H2,1-2H3,(H2,23,25,26). The molecule has 1 aliphatic heterocycles. The number of benzene rings is 1. The summed E-state index contributed by atoms with van der Waals surface area (Å²) in [6.45, 7) is 5.29. The molecule has 170 valence electrons. The number of hydrogen-bond donors (Lipinski definition) is 1. The molecular weight excluding hydrogens is 434 g/mol. The van der Waals surface area contributed by atoms with Crippen molar-refractivity contribution in [2.24, 2.45) is 0 Å². The van der Waals surface area contributed by atoms with Gasteiger partial charge in [0.15, 0.2) is 17.2 Å². The maximum atomic E-state index is 6.34. The Labute approximate surface area is 191 Å². The summed E-state index contributed by atoms with van der Waals surface area (Å²) < 4.78 is 18.6. The quantitative estimate of drug-likeness (QED) is 0.544. The fourth-order valence-electron chi connectivity index (χ4n) is 3.50. The van der Waals surface area contributed by atoms with Crippen LogP contribution in [0.2, 0.25) is 5.02 Å². The summed E-state index contributed by atoms with van der Waals surface area (Å²) in [4.78, 5) is 17.5. The van der Waals surface area contributed by atoms with Crippen molar-refractivity contribution in [3.05, 3.63) is 41.9 Å². The van der Waals surface area contributed by atoms with Gasteiger partial charge in [-0.05, 0) is 0 Å². The number of rotatable bonds is 8. The molecule has 4 rings (SSSR count). The number of methoxy groups -OCH3 is 2. The second kappa shape index (κ2) is 9.92. The first-order valence-electron chi connectivity index (χ1n) is 10.2. The topological polar surface area (TPSA) is 104 Å². The zero-order chi connectivity index (χ0) is 22.5. The fraction of sp³-hybridized carbons (Fsp3) is 0.381. The van der Waals surface area contributed by atoms with Crippen molar-refractivity contribution in [1.82, 2.24) is 24.4 Å². The summed E-state index contributed by atoms with van der Waals surface area (Å²) >= 11 is 6.34. The zero-order valence-electron chi connectivity index (χ0n) is 18.1. The van der Waals surface area contributed by atoms with E-state index >= 15 is 0 Å². The molecule has 32 heavy (non-hydrogen) atoms. The number of hydrogen-bond acceptors (Lipinski definition) is 9. The Kier molecular flexibility index (Phi) is 6.81. The van der Waals surface area contributed by atoms with Gasteiger partial charge in [-0.2, -0.15) is 9.97 Å². The summed E-state index contributed by atoms with van der Waals surface area (Å²) in [5.74, 6) is 2.57. The Hall–Kier alpha value is -3.24. The highest BCUT2D eigenvalue weighted by molar-refractivity contribution is 6.32. The molecule has 0 aliphatic carbocycles. The zero-order valence-corrected chi connectivity index (χ0v) is 18.8. The van der Waals surface area contributed by atoms with Crippen LogP contribution in [0.1, 0.15) is 0 Å². The number of anilines is 2. The number of aromatic nitrogens is 4. The fourth-order valence-corrected chi connectivity index (χ4v) is 3.69. The minimum absolute atomic E-state index is 0.309. The monoisotopic (exact) mass is 459 g/mol. The first-order chi connectivity index (χ1) is 15.6. The van der Waals surface area contributed by atoms with Crippen molar-refractivity contribution in [2.45, 2.75) is 6.54 Å². The lowest BCUT2D eigenvalue weighted by molar-refractivity contribution is 0.247. The smallest absolute Gasteiger partial charge is 0.230 e. The maximum Gasteiger partial charge on any atom is 0.230 e. The number of halogens is 1. The first kappa shape index (κ1) is 22.0. The minimum Gasteiger partial charge on any atom is -0.493 e. The first-order valence-corrected chi connectivity index (χ1v) is 10.6. The van der Waals surface area contributed by atoms with Crippen LogP contribution in [0.4, 0.5) is 11.8 Å². The van der Waals surface area contributed by atoms with Crippen molar-refractivity contribution < 1.29 is 14.2 Å². The van der Waals surface area contributed by atoms with Gasteiger partial charge in [-0.25, -0.2) is 4.98 Å². The van der Waals surface area contributed by atoms with Gasteiger partial charge in [-0.15, -0.1) is 0 Å². The molecule has 11 heteroatoms. The average molecular weight is 460 g/mol. The van der Waals surface area contributed by atoms with Crippen molar-refractivity contribution in [2.75, 3.05) is 57.6 Å². The highest BCUT2D eigenvalue weighted by atomic mass is 35.5. The van der Waals surface area contributed by atoms with E-state index in [2.05, 4.69) is 29.3 Å². The lowest BCUT2D eigenvalue weighted by Gasteiger charge is -2.34. The molecule has 1 saturated heterocycles. The van der Waals surface area contributed by atoms with Gasteiger partial charge in [0, 0.05) is 69.9 Å². The Morgan fingerprint density at radius 3 is 2.41 bits per heavy atom. The average Bonchev–Trinajstić information content (AvgIpc) is 3.32. The van der Waals surface area contributed by atoms with Crippen LogP contribution < -0.4 is 24.8 Å². The minimum atomic E-state index is 0.309. The van der Waals surface area contributed by atoms with E-state index in [1.165, 1.54) is 0 Å². The normalized spacial score (nSPS) is 14.4. The van der Waals surface area contributed by atoms with Crippen LogP contribution in [-0.2, 0) is 6.54 Å².